The normalized spacial score (nSPS) is 16.8. The van der Waals surface area contributed by atoms with Gasteiger partial charge in [0.1, 0.15) is 29.7 Å². The molecule has 2 aromatic carbocycles. The van der Waals surface area contributed by atoms with E-state index in [1.54, 1.807) is 32.8 Å². The Morgan fingerprint density at radius 3 is 2.45 bits per heavy atom. The lowest BCUT2D eigenvalue weighted by molar-refractivity contribution is 0.222. The van der Waals surface area contributed by atoms with Crippen molar-refractivity contribution in [3.05, 3.63) is 83.9 Å². The number of likely N-dealkylation sites (N-methyl/N-ethyl adjacent to an activating group) is 1. The van der Waals surface area contributed by atoms with Crippen molar-refractivity contribution in [2.75, 3.05) is 45.8 Å². The van der Waals surface area contributed by atoms with Crippen molar-refractivity contribution in [1.82, 2.24) is 15.2 Å². The van der Waals surface area contributed by atoms with Crippen molar-refractivity contribution < 1.29 is 14.2 Å². The molecule has 4 rings (SSSR count). The van der Waals surface area contributed by atoms with Crippen LogP contribution in [0.25, 0.3) is 5.57 Å². The third kappa shape index (κ3) is 6.24. The van der Waals surface area contributed by atoms with Crippen molar-refractivity contribution in [3.63, 3.8) is 0 Å². The Labute approximate surface area is 224 Å². The second kappa shape index (κ2) is 12.4. The lowest BCUT2D eigenvalue weighted by Gasteiger charge is -2.34. The molecule has 0 radical (unpaired) electrons. The van der Waals surface area contributed by atoms with Crippen LogP contribution < -0.4 is 30.6 Å². The molecule has 9 heteroatoms. The van der Waals surface area contributed by atoms with Gasteiger partial charge in [0, 0.05) is 35.7 Å². The van der Waals surface area contributed by atoms with E-state index in [0.717, 1.165) is 47.8 Å². The number of hydrogen-bond donors (Lipinski definition) is 3. The molecule has 200 valence electrons. The van der Waals surface area contributed by atoms with Gasteiger partial charge in [-0.05, 0) is 55.6 Å². The number of hydrogen-bond acceptors (Lipinski definition) is 9. The van der Waals surface area contributed by atoms with Crippen molar-refractivity contribution >= 4 is 17.5 Å². The zero-order chi connectivity index (χ0) is 27.0. The number of rotatable bonds is 12. The first-order valence-corrected chi connectivity index (χ1v) is 12.7. The highest BCUT2D eigenvalue weighted by molar-refractivity contribution is 6.12. The molecule has 1 atom stereocenters. The van der Waals surface area contributed by atoms with E-state index in [-0.39, 0.29) is 0 Å². The van der Waals surface area contributed by atoms with Crippen molar-refractivity contribution in [2.45, 2.75) is 19.6 Å². The minimum Gasteiger partial charge on any atom is -0.495 e. The molecule has 0 aliphatic carbocycles. The first kappa shape index (κ1) is 27.0. The van der Waals surface area contributed by atoms with E-state index in [9.17, 15) is 0 Å². The van der Waals surface area contributed by atoms with E-state index in [1.807, 2.05) is 54.6 Å². The quantitative estimate of drug-likeness (QED) is 0.331. The Kier molecular flexibility index (Phi) is 8.83. The molecular formula is C29H36N6O3. The summed E-state index contributed by atoms with van der Waals surface area (Å²) in [6.45, 7) is 7.82. The fourth-order valence-corrected chi connectivity index (χ4v) is 4.18. The Hall–Kier alpha value is -4.08. The summed E-state index contributed by atoms with van der Waals surface area (Å²) in [4.78, 5) is 11.3. The van der Waals surface area contributed by atoms with Gasteiger partial charge < -0.3 is 29.7 Å². The fourth-order valence-electron chi connectivity index (χ4n) is 4.18. The van der Waals surface area contributed by atoms with Gasteiger partial charge in [-0.15, -0.1) is 0 Å². The molecule has 0 fully saturated rings. The van der Waals surface area contributed by atoms with Crippen LogP contribution in [0.3, 0.4) is 0 Å². The van der Waals surface area contributed by atoms with E-state index in [4.69, 9.17) is 24.9 Å². The molecule has 0 saturated carbocycles. The molecule has 1 unspecified atom stereocenters. The number of aromatic nitrogens is 1. The number of ether oxygens (including phenoxy) is 3. The van der Waals surface area contributed by atoms with Gasteiger partial charge in [-0.25, -0.2) is 4.99 Å². The Bertz CT molecular complexity index is 1270. The molecule has 0 saturated heterocycles. The van der Waals surface area contributed by atoms with E-state index in [0.29, 0.717) is 23.9 Å². The van der Waals surface area contributed by atoms with Crippen molar-refractivity contribution in [1.29, 1.82) is 0 Å². The fraction of sp³-hybridized carbons (Fsp3) is 0.310. The molecule has 1 aromatic heterocycles. The van der Waals surface area contributed by atoms with E-state index >= 15 is 0 Å². The predicted octanol–water partition coefficient (Wildman–Crippen LogP) is 4.04. The summed E-state index contributed by atoms with van der Waals surface area (Å²) in [7, 11) is 3.24. The van der Waals surface area contributed by atoms with Gasteiger partial charge in [0.25, 0.3) is 0 Å². The lowest BCUT2D eigenvalue weighted by atomic mass is 10.0. The molecule has 0 spiro atoms. The van der Waals surface area contributed by atoms with Crippen LogP contribution >= 0.6 is 0 Å². The highest BCUT2D eigenvalue weighted by Gasteiger charge is 2.32. The van der Waals surface area contributed by atoms with Gasteiger partial charge in [-0.3, -0.25) is 10.7 Å². The number of methoxy groups -OCH3 is 2. The Morgan fingerprint density at radius 2 is 1.74 bits per heavy atom. The minimum atomic E-state index is -1.21. The van der Waals surface area contributed by atoms with Crippen LogP contribution in [0.5, 0.6) is 17.2 Å². The number of nitrogens with one attached hydrogen (secondary N) is 2. The number of benzene rings is 2. The average Bonchev–Trinajstić information content (AvgIpc) is 2.96. The molecule has 2 heterocycles. The number of anilines is 1. The molecule has 0 bridgehead atoms. The second-order valence-electron chi connectivity index (χ2n) is 8.78. The van der Waals surface area contributed by atoms with Gasteiger partial charge in [0.15, 0.2) is 0 Å². The zero-order valence-electron chi connectivity index (χ0n) is 22.4. The van der Waals surface area contributed by atoms with Crippen molar-refractivity contribution in [2.24, 2.45) is 10.7 Å². The van der Waals surface area contributed by atoms with Gasteiger partial charge in [-0.1, -0.05) is 26.0 Å². The predicted molar refractivity (Wildman–Crippen MR) is 152 cm³/mol. The van der Waals surface area contributed by atoms with Crippen LogP contribution in [0.4, 0.5) is 5.69 Å². The van der Waals surface area contributed by atoms with E-state index in [1.165, 1.54) is 0 Å². The minimum absolute atomic E-state index is 0.624. The third-order valence-electron chi connectivity index (χ3n) is 6.47. The molecule has 1 aliphatic rings. The van der Waals surface area contributed by atoms with Gasteiger partial charge in [-0.2, -0.15) is 0 Å². The first-order valence-electron chi connectivity index (χ1n) is 12.7. The average molecular weight is 517 g/mol. The molecule has 4 N–H and O–H groups in total. The summed E-state index contributed by atoms with van der Waals surface area (Å²) in [5.74, 6) is 1.57. The van der Waals surface area contributed by atoms with Gasteiger partial charge in [0.2, 0.25) is 5.79 Å². The number of para-hydroxylation sites is 2. The van der Waals surface area contributed by atoms with Crippen LogP contribution in [-0.4, -0.2) is 56.6 Å². The summed E-state index contributed by atoms with van der Waals surface area (Å²) >= 11 is 0. The summed E-state index contributed by atoms with van der Waals surface area (Å²) in [5.41, 5.74) is 9.97. The molecular weight excluding hydrogens is 480 g/mol. The molecule has 0 amide bonds. The number of nitrogens with two attached hydrogens (primary N) is 1. The Balaban J connectivity index is 1.60. The van der Waals surface area contributed by atoms with Crippen LogP contribution in [-0.2, 0) is 5.79 Å². The lowest BCUT2D eigenvalue weighted by Crippen LogP contribution is -2.51. The molecule has 38 heavy (non-hydrogen) atoms. The smallest absolute Gasteiger partial charge is 0.210 e. The summed E-state index contributed by atoms with van der Waals surface area (Å²) in [6, 6.07) is 17.3. The maximum Gasteiger partial charge on any atom is 0.210 e. The number of allylic oxidation sites excluding steroid dienone is 1. The Morgan fingerprint density at radius 1 is 0.974 bits per heavy atom. The zero-order valence-corrected chi connectivity index (χ0v) is 22.4. The summed E-state index contributed by atoms with van der Waals surface area (Å²) in [6.07, 6.45) is 5.16. The third-order valence-corrected chi connectivity index (χ3v) is 6.47. The van der Waals surface area contributed by atoms with Gasteiger partial charge >= 0.3 is 0 Å². The highest BCUT2D eigenvalue weighted by Crippen LogP contribution is 2.32. The van der Waals surface area contributed by atoms with E-state index in [2.05, 4.69) is 34.4 Å². The molecule has 3 aromatic rings. The standard InChI is InChI=1S/C29H36N6O3/c1-5-35(6-2)15-16-38-23-13-11-22(12-14-23)29(30)32-20-25(21-17-24(36-3)19-31-18-21)28(34-29)33-26-9-7-8-10-27(26)37-4/h7-14,17-20,33-34H,5-6,15-16,30H2,1-4H3. The van der Waals surface area contributed by atoms with Crippen LogP contribution in [0.2, 0.25) is 0 Å². The molecule has 9 nitrogen and oxygen atoms in total. The maximum absolute atomic E-state index is 6.82. The maximum atomic E-state index is 6.82. The topological polar surface area (TPSA) is 106 Å². The molecule has 1 aliphatic heterocycles. The number of nitrogens with zero attached hydrogens (tertiary/aromatic N) is 3. The highest BCUT2D eigenvalue weighted by atomic mass is 16.5. The number of pyridine rings is 1. The summed E-state index contributed by atoms with van der Waals surface area (Å²) in [5, 5.41) is 6.85. The van der Waals surface area contributed by atoms with Gasteiger partial charge in [0.05, 0.1) is 26.1 Å². The SMILES string of the molecule is CCN(CC)CCOc1ccc(C2(N)N=CC(c3cncc(OC)c3)=C(Nc3ccccc3OC)N2)cc1. The first-order chi connectivity index (χ1) is 18.5. The van der Waals surface area contributed by atoms with E-state index < -0.39 is 5.79 Å². The largest absolute Gasteiger partial charge is 0.495 e. The number of aliphatic imine (C=N–C) groups is 1. The second-order valence-corrected chi connectivity index (χ2v) is 8.78. The summed E-state index contributed by atoms with van der Waals surface area (Å²) < 4.78 is 16.9. The van der Waals surface area contributed by atoms with Crippen LogP contribution in [0.15, 0.2) is 77.8 Å². The van der Waals surface area contributed by atoms with Crippen molar-refractivity contribution in [3.8, 4) is 17.2 Å². The van der Waals surface area contributed by atoms with Crippen LogP contribution in [0.1, 0.15) is 25.0 Å². The monoisotopic (exact) mass is 516 g/mol. The van der Waals surface area contributed by atoms with Crippen LogP contribution in [0, 0.1) is 0 Å².